The molecular formula is C19H30N2O3. The van der Waals surface area contributed by atoms with E-state index < -0.39 is 0 Å². The molecule has 0 saturated carbocycles. The second-order valence-electron chi connectivity index (χ2n) is 6.38. The monoisotopic (exact) mass is 334 g/mol. The number of benzene rings is 1. The van der Waals surface area contributed by atoms with Crippen molar-refractivity contribution < 1.29 is 14.2 Å². The highest BCUT2D eigenvalue weighted by atomic mass is 16.5. The van der Waals surface area contributed by atoms with Crippen LogP contribution in [0.1, 0.15) is 18.9 Å². The van der Waals surface area contributed by atoms with E-state index >= 15 is 0 Å². The Bertz CT molecular complexity index is 497. The lowest BCUT2D eigenvalue weighted by molar-refractivity contribution is 0.0374. The van der Waals surface area contributed by atoms with Crippen molar-refractivity contribution in [3.05, 3.63) is 23.8 Å². The first-order chi connectivity index (χ1) is 11.9. The molecule has 1 aromatic carbocycles. The first kappa shape index (κ1) is 17.5. The number of hydrogen-bond donors (Lipinski definition) is 0. The van der Waals surface area contributed by atoms with Crippen molar-refractivity contribution in [2.45, 2.75) is 19.8 Å². The number of hydrogen-bond acceptors (Lipinski definition) is 5. The lowest BCUT2D eigenvalue weighted by Crippen LogP contribution is -2.37. The van der Waals surface area contributed by atoms with E-state index in [-0.39, 0.29) is 0 Å². The summed E-state index contributed by atoms with van der Waals surface area (Å²) in [5.74, 6) is 1.04. The Morgan fingerprint density at radius 1 is 1.00 bits per heavy atom. The predicted octanol–water partition coefficient (Wildman–Crippen LogP) is 2.19. The molecule has 24 heavy (non-hydrogen) atoms. The van der Waals surface area contributed by atoms with E-state index in [4.69, 9.17) is 14.2 Å². The van der Waals surface area contributed by atoms with Crippen molar-refractivity contribution in [1.82, 2.24) is 4.90 Å². The highest BCUT2D eigenvalue weighted by molar-refractivity contribution is 5.54. The van der Waals surface area contributed by atoms with Crippen LogP contribution in [0.5, 0.6) is 5.75 Å². The predicted molar refractivity (Wildman–Crippen MR) is 96.2 cm³/mol. The van der Waals surface area contributed by atoms with Crippen molar-refractivity contribution >= 4 is 5.69 Å². The molecule has 0 amide bonds. The summed E-state index contributed by atoms with van der Waals surface area (Å²) in [6.07, 6.45) is 2.23. The molecule has 5 heteroatoms. The summed E-state index contributed by atoms with van der Waals surface area (Å²) >= 11 is 0. The second-order valence-corrected chi connectivity index (χ2v) is 6.38. The Balaban J connectivity index is 1.58. The van der Waals surface area contributed by atoms with Gasteiger partial charge < -0.3 is 19.1 Å². The molecule has 2 aliphatic heterocycles. The van der Waals surface area contributed by atoms with Gasteiger partial charge in [-0.1, -0.05) is 6.07 Å². The van der Waals surface area contributed by atoms with Crippen LogP contribution in [0.4, 0.5) is 5.69 Å². The molecular weight excluding hydrogens is 304 g/mol. The van der Waals surface area contributed by atoms with Gasteiger partial charge in [0.2, 0.25) is 0 Å². The number of morpholine rings is 2. The van der Waals surface area contributed by atoms with Crippen LogP contribution < -0.4 is 9.64 Å². The largest absolute Gasteiger partial charge is 0.494 e. The van der Waals surface area contributed by atoms with Crippen molar-refractivity contribution in [3.63, 3.8) is 0 Å². The Kier molecular flexibility index (Phi) is 6.75. The SMILES string of the molecule is CCOc1cc(N2CCOCC2)ccc1CCCN1CCOCC1. The molecule has 1 aromatic rings. The zero-order chi connectivity index (χ0) is 16.6. The van der Waals surface area contributed by atoms with Crippen LogP contribution in [0.2, 0.25) is 0 Å². The van der Waals surface area contributed by atoms with Crippen LogP contribution in [0.15, 0.2) is 18.2 Å². The van der Waals surface area contributed by atoms with Crippen LogP contribution in [0.25, 0.3) is 0 Å². The summed E-state index contributed by atoms with van der Waals surface area (Å²) in [5.41, 5.74) is 2.57. The molecule has 0 unspecified atom stereocenters. The molecule has 0 spiro atoms. The molecule has 0 atom stereocenters. The Morgan fingerprint density at radius 2 is 1.71 bits per heavy atom. The summed E-state index contributed by atoms with van der Waals surface area (Å²) in [6, 6.07) is 6.69. The van der Waals surface area contributed by atoms with Crippen LogP contribution in [0.3, 0.4) is 0 Å². The van der Waals surface area contributed by atoms with Gasteiger partial charge in [0.15, 0.2) is 0 Å². The molecule has 0 bridgehead atoms. The van der Waals surface area contributed by atoms with E-state index in [1.54, 1.807) is 0 Å². The van der Waals surface area contributed by atoms with Gasteiger partial charge in [0, 0.05) is 37.9 Å². The van der Waals surface area contributed by atoms with Gasteiger partial charge in [-0.2, -0.15) is 0 Å². The van der Waals surface area contributed by atoms with Crippen LogP contribution >= 0.6 is 0 Å². The van der Waals surface area contributed by atoms with Crippen molar-refractivity contribution in [2.75, 3.05) is 70.7 Å². The summed E-state index contributed by atoms with van der Waals surface area (Å²) in [4.78, 5) is 4.87. The van der Waals surface area contributed by atoms with Crippen LogP contribution in [0, 0.1) is 0 Å². The zero-order valence-corrected chi connectivity index (χ0v) is 14.8. The average molecular weight is 334 g/mol. The molecule has 0 N–H and O–H groups in total. The summed E-state index contributed by atoms with van der Waals surface area (Å²) in [5, 5.41) is 0. The zero-order valence-electron chi connectivity index (χ0n) is 14.8. The molecule has 2 fully saturated rings. The van der Waals surface area contributed by atoms with Crippen LogP contribution in [-0.2, 0) is 15.9 Å². The van der Waals surface area contributed by atoms with Crippen molar-refractivity contribution in [1.29, 1.82) is 0 Å². The van der Waals surface area contributed by atoms with Crippen molar-refractivity contribution in [3.8, 4) is 5.75 Å². The Morgan fingerprint density at radius 3 is 2.42 bits per heavy atom. The summed E-state index contributed by atoms with van der Waals surface area (Å²) in [7, 11) is 0. The molecule has 134 valence electrons. The number of rotatable bonds is 7. The minimum Gasteiger partial charge on any atom is -0.494 e. The number of aryl methyl sites for hydroxylation is 1. The minimum atomic E-state index is 0.711. The van der Waals surface area contributed by atoms with Gasteiger partial charge in [-0.3, -0.25) is 4.90 Å². The average Bonchev–Trinajstić information content (AvgIpc) is 2.65. The summed E-state index contributed by atoms with van der Waals surface area (Å²) < 4.78 is 16.8. The third-order valence-electron chi connectivity index (χ3n) is 4.75. The maximum Gasteiger partial charge on any atom is 0.124 e. The first-order valence-corrected chi connectivity index (χ1v) is 9.25. The standard InChI is InChI=1S/C19H30N2O3/c1-2-24-19-16-18(21-10-14-23-15-11-21)6-5-17(19)4-3-7-20-8-12-22-13-9-20/h5-6,16H,2-4,7-15H2,1H3. The molecule has 2 heterocycles. The highest BCUT2D eigenvalue weighted by Crippen LogP contribution is 2.27. The van der Waals surface area contributed by atoms with Crippen molar-refractivity contribution in [2.24, 2.45) is 0 Å². The molecule has 3 rings (SSSR count). The number of nitrogens with zero attached hydrogens (tertiary/aromatic N) is 2. The van der Waals surface area contributed by atoms with Gasteiger partial charge in [0.25, 0.3) is 0 Å². The smallest absolute Gasteiger partial charge is 0.124 e. The van der Waals surface area contributed by atoms with Crippen LogP contribution in [-0.4, -0.2) is 70.7 Å². The minimum absolute atomic E-state index is 0.711. The first-order valence-electron chi connectivity index (χ1n) is 9.25. The fraction of sp³-hybridized carbons (Fsp3) is 0.684. The maximum absolute atomic E-state index is 5.92. The topological polar surface area (TPSA) is 34.2 Å². The fourth-order valence-corrected chi connectivity index (χ4v) is 3.38. The third kappa shape index (κ3) is 4.85. The lowest BCUT2D eigenvalue weighted by atomic mass is 10.1. The Hall–Kier alpha value is -1.30. The fourth-order valence-electron chi connectivity index (χ4n) is 3.38. The quantitative estimate of drug-likeness (QED) is 0.763. The van der Waals surface area contributed by atoms with Gasteiger partial charge in [0.05, 0.1) is 33.0 Å². The molecule has 2 aliphatic rings. The van der Waals surface area contributed by atoms with E-state index in [2.05, 4.69) is 34.9 Å². The van der Waals surface area contributed by atoms with E-state index in [1.165, 1.54) is 11.3 Å². The van der Waals surface area contributed by atoms with Gasteiger partial charge in [-0.15, -0.1) is 0 Å². The van der Waals surface area contributed by atoms with E-state index in [9.17, 15) is 0 Å². The van der Waals surface area contributed by atoms with Gasteiger partial charge in [0.1, 0.15) is 5.75 Å². The van der Waals surface area contributed by atoms with Gasteiger partial charge in [-0.25, -0.2) is 0 Å². The van der Waals surface area contributed by atoms with Gasteiger partial charge in [-0.05, 0) is 37.9 Å². The molecule has 0 aliphatic carbocycles. The Labute approximate surface area is 145 Å². The van der Waals surface area contributed by atoms with Gasteiger partial charge >= 0.3 is 0 Å². The summed E-state index contributed by atoms with van der Waals surface area (Å²) in [6.45, 7) is 11.3. The third-order valence-corrected chi connectivity index (χ3v) is 4.75. The lowest BCUT2D eigenvalue weighted by Gasteiger charge is -2.29. The molecule has 0 radical (unpaired) electrons. The number of anilines is 1. The van der Waals surface area contributed by atoms with E-state index in [0.717, 1.165) is 77.7 Å². The van der Waals surface area contributed by atoms with E-state index in [1.807, 2.05) is 0 Å². The second kappa shape index (κ2) is 9.25. The molecule has 0 aromatic heterocycles. The maximum atomic E-state index is 5.92. The normalized spacial score (nSPS) is 19.5. The molecule has 5 nitrogen and oxygen atoms in total. The van der Waals surface area contributed by atoms with E-state index in [0.29, 0.717) is 6.61 Å². The molecule has 2 saturated heterocycles. The highest BCUT2D eigenvalue weighted by Gasteiger charge is 2.14. The number of ether oxygens (including phenoxy) is 3.